The first-order valence-corrected chi connectivity index (χ1v) is 8.14. The fourth-order valence-electron chi connectivity index (χ4n) is 2.78. The topological polar surface area (TPSA) is 55.1 Å². The number of carbonyl (C=O) groups is 1. The van der Waals surface area contributed by atoms with Gasteiger partial charge in [-0.3, -0.25) is 4.79 Å². The van der Waals surface area contributed by atoms with Crippen LogP contribution in [0.4, 0.5) is 10.1 Å². The lowest BCUT2D eigenvalue weighted by atomic mass is 10.1. The van der Waals surface area contributed by atoms with Crippen LogP contribution in [-0.2, 0) is 0 Å². The zero-order valence-corrected chi connectivity index (χ0v) is 14.0. The van der Waals surface area contributed by atoms with Crippen LogP contribution in [0, 0.1) is 12.7 Å². The van der Waals surface area contributed by atoms with Crippen molar-refractivity contribution in [3.05, 3.63) is 83.7 Å². The van der Waals surface area contributed by atoms with Crippen molar-refractivity contribution in [2.24, 2.45) is 0 Å². The molecule has 0 aliphatic heterocycles. The normalized spacial score (nSPS) is 10.8. The number of oxazole rings is 1. The number of fused-ring (bicyclic) bond motifs is 1. The SMILES string of the molecule is Cc1ccccc1-c1nc2cc(NC(=O)c3ccccc3F)ccc2o1. The molecule has 5 heteroatoms. The van der Waals surface area contributed by atoms with Gasteiger partial charge in [0.15, 0.2) is 5.58 Å². The van der Waals surface area contributed by atoms with Crippen LogP contribution in [0.1, 0.15) is 15.9 Å². The molecule has 0 radical (unpaired) electrons. The molecular formula is C21H15FN2O2. The molecule has 0 fully saturated rings. The smallest absolute Gasteiger partial charge is 0.258 e. The van der Waals surface area contributed by atoms with Gasteiger partial charge in [-0.15, -0.1) is 0 Å². The summed E-state index contributed by atoms with van der Waals surface area (Å²) in [5.41, 5.74) is 3.73. The second-order valence-corrected chi connectivity index (χ2v) is 5.95. The number of rotatable bonds is 3. The lowest BCUT2D eigenvalue weighted by molar-refractivity contribution is 0.102. The maximum absolute atomic E-state index is 13.7. The van der Waals surface area contributed by atoms with Crippen LogP contribution >= 0.6 is 0 Å². The van der Waals surface area contributed by atoms with Crippen molar-refractivity contribution in [2.45, 2.75) is 6.92 Å². The molecule has 0 atom stereocenters. The van der Waals surface area contributed by atoms with Crippen molar-refractivity contribution in [3.8, 4) is 11.5 Å². The van der Waals surface area contributed by atoms with E-state index in [2.05, 4.69) is 10.3 Å². The molecule has 0 unspecified atom stereocenters. The minimum atomic E-state index is -0.561. The molecular weight excluding hydrogens is 331 g/mol. The summed E-state index contributed by atoms with van der Waals surface area (Å²) in [6, 6.07) is 18.8. The van der Waals surface area contributed by atoms with Gasteiger partial charge >= 0.3 is 0 Å². The van der Waals surface area contributed by atoms with Crippen LogP contribution in [0.15, 0.2) is 71.1 Å². The van der Waals surface area contributed by atoms with E-state index in [0.717, 1.165) is 11.1 Å². The van der Waals surface area contributed by atoms with E-state index in [-0.39, 0.29) is 5.56 Å². The second kappa shape index (κ2) is 6.44. The minimum absolute atomic E-state index is 0.00616. The van der Waals surface area contributed by atoms with Crippen LogP contribution in [0.5, 0.6) is 0 Å². The van der Waals surface area contributed by atoms with Gasteiger partial charge in [-0.1, -0.05) is 30.3 Å². The third-order valence-corrected chi connectivity index (χ3v) is 4.14. The lowest BCUT2D eigenvalue weighted by Gasteiger charge is -2.05. The maximum Gasteiger partial charge on any atom is 0.258 e. The Labute approximate surface area is 149 Å². The van der Waals surface area contributed by atoms with Crippen LogP contribution in [0.3, 0.4) is 0 Å². The van der Waals surface area contributed by atoms with Crippen LogP contribution in [-0.4, -0.2) is 10.9 Å². The quantitative estimate of drug-likeness (QED) is 0.555. The molecule has 3 aromatic carbocycles. The van der Waals surface area contributed by atoms with Crippen molar-refractivity contribution >= 4 is 22.7 Å². The molecule has 0 spiro atoms. The Morgan fingerprint density at radius 2 is 1.81 bits per heavy atom. The fourth-order valence-corrected chi connectivity index (χ4v) is 2.78. The Balaban J connectivity index is 1.65. The first-order chi connectivity index (χ1) is 12.6. The van der Waals surface area contributed by atoms with Gasteiger partial charge in [0.2, 0.25) is 5.89 Å². The summed E-state index contributed by atoms with van der Waals surface area (Å²) in [5, 5.41) is 2.69. The number of nitrogens with one attached hydrogen (secondary N) is 1. The molecule has 0 saturated carbocycles. The molecule has 4 rings (SSSR count). The van der Waals surface area contributed by atoms with Gasteiger partial charge in [0, 0.05) is 11.3 Å². The first-order valence-electron chi connectivity index (χ1n) is 8.14. The number of hydrogen-bond donors (Lipinski definition) is 1. The molecule has 0 saturated heterocycles. The number of anilines is 1. The van der Waals surface area contributed by atoms with E-state index >= 15 is 0 Å². The molecule has 1 amide bonds. The summed E-state index contributed by atoms with van der Waals surface area (Å²) in [6.45, 7) is 1.99. The Morgan fingerprint density at radius 1 is 1.04 bits per heavy atom. The predicted octanol–water partition coefficient (Wildman–Crippen LogP) is 5.19. The number of carbonyl (C=O) groups excluding carboxylic acids is 1. The van der Waals surface area contributed by atoms with Gasteiger partial charge in [0.05, 0.1) is 5.56 Å². The summed E-state index contributed by atoms with van der Waals surface area (Å²) in [4.78, 5) is 16.8. The Kier molecular flexibility index (Phi) is 3.97. The summed E-state index contributed by atoms with van der Waals surface area (Å²) >= 11 is 0. The molecule has 0 bridgehead atoms. The molecule has 1 heterocycles. The Morgan fingerprint density at radius 3 is 2.62 bits per heavy atom. The third-order valence-electron chi connectivity index (χ3n) is 4.14. The van der Waals surface area contributed by atoms with Crippen molar-refractivity contribution in [2.75, 3.05) is 5.32 Å². The third kappa shape index (κ3) is 2.95. The lowest BCUT2D eigenvalue weighted by Crippen LogP contribution is -2.13. The number of nitrogens with zero attached hydrogens (tertiary/aromatic N) is 1. The number of amides is 1. The van der Waals surface area contributed by atoms with Crippen molar-refractivity contribution in [3.63, 3.8) is 0 Å². The van der Waals surface area contributed by atoms with Crippen molar-refractivity contribution < 1.29 is 13.6 Å². The van der Waals surface area contributed by atoms with Crippen LogP contribution in [0.25, 0.3) is 22.6 Å². The first kappa shape index (κ1) is 16.0. The highest BCUT2D eigenvalue weighted by molar-refractivity contribution is 6.05. The van der Waals surface area contributed by atoms with Gasteiger partial charge < -0.3 is 9.73 Å². The number of halogens is 1. The molecule has 1 N–H and O–H groups in total. The van der Waals surface area contributed by atoms with Gasteiger partial charge in [-0.05, 0) is 48.9 Å². The summed E-state index contributed by atoms with van der Waals surface area (Å²) < 4.78 is 19.6. The summed E-state index contributed by atoms with van der Waals surface area (Å²) in [6.07, 6.45) is 0. The van der Waals surface area contributed by atoms with E-state index < -0.39 is 11.7 Å². The monoisotopic (exact) mass is 346 g/mol. The van der Waals surface area contributed by atoms with Crippen LogP contribution < -0.4 is 5.32 Å². The second-order valence-electron chi connectivity index (χ2n) is 5.95. The number of hydrogen-bond acceptors (Lipinski definition) is 3. The van der Waals surface area contributed by atoms with Gasteiger partial charge in [0.25, 0.3) is 5.91 Å². The zero-order chi connectivity index (χ0) is 18.1. The van der Waals surface area contributed by atoms with Crippen molar-refractivity contribution in [1.82, 2.24) is 4.98 Å². The summed E-state index contributed by atoms with van der Waals surface area (Å²) in [5.74, 6) is -0.546. The number of aromatic nitrogens is 1. The van der Waals surface area contributed by atoms with Crippen molar-refractivity contribution in [1.29, 1.82) is 0 Å². The van der Waals surface area contributed by atoms with E-state index in [4.69, 9.17) is 4.42 Å². The summed E-state index contributed by atoms with van der Waals surface area (Å²) in [7, 11) is 0. The molecule has 128 valence electrons. The van der Waals surface area contributed by atoms with E-state index in [0.29, 0.717) is 22.7 Å². The molecule has 0 aliphatic rings. The number of aryl methyl sites for hydroxylation is 1. The molecule has 4 aromatic rings. The minimum Gasteiger partial charge on any atom is -0.436 e. The van der Waals surface area contributed by atoms with E-state index in [1.165, 1.54) is 12.1 Å². The van der Waals surface area contributed by atoms with Gasteiger partial charge in [-0.2, -0.15) is 0 Å². The van der Waals surface area contributed by atoms with E-state index in [1.807, 2.05) is 31.2 Å². The van der Waals surface area contributed by atoms with E-state index in [1.54, 1.807) is 30.3 Å². The Bertz CT molecular complexity index is 1120. The van der Waals surface area contributed by atoms with E-state index in [9.17, 15) is 9.18 Å². The van der Waals surface area contributed by atoms with Gasteiger partial charge in [0.1, 0.15) is 11.3 Å². The van der Waals surface area contributed by atoms with Crippen LogP contribution in [0.2, 0.25) is 0 Å². The highest BCUT2D eigenvalue weighted by Crippen LogP contribution is 2.28. The zero-order valence-electron chi connectivity index (χ0n) is 14.0. The molecule has 4 nitrogen and oxygen atoms in total. The number of benzene rings is 3. The molecule has 0 aliphatic carbocycles. The molecule has 26 heavy (non-hydrogen) atoms. The predicted molar refractivity (Wildman–Crippen MR) is 98.5 cm³/mol. The van der Waals surface area contributed by atoms with Gasteiger partial charge in [-0.25, -0.2) is 9.37 Å². The highest BCUT2D eigenvalue weighted by Gasteiger charge is 2.13. The standard InChI is InChI=1S/C21H15FN2O2/c1-13-6-2-3-7-15(13)21-24-18-12-14(10-11-19(18)26-21)23-20(25)16-8-4-5-9-17(16)22/h2-12H,1H3,(H,23,25). The largest absolute Gasteiger partial charge is 0.436 e. The highest BCUT2D eigenvalue weighted by atomic mass is 19.1. The average molecular weight is 346 g/mol. The Hall–Kier alpha value is -3.47. The molecule has 1 aromatic heterocycles. The fraction of sp³-hybridized carbons (Fsp3) is 0.0476. The average Bonchev–Trinajstić information content (AvgIpc) is 3.05. The maximum atomic E-state index is 13.7.